The van der Waals surface area contributed by atoms with Gasteiger partial charge in [-0.3, -0.25) is 0 Å². The highest BCUT2D eigenvalue weighted by Gasteiger charge is 2.22. The molecular weight excluding hydrogens is 300 g/mol. The molecule has 0 amide bonds. The van der Waals surface area contributed by atoms with Gasteiger partial charge in [0.25, 0.3) is 0 Å². The summed E-state index contributed by atoms with van der Waals surface area (Å²) in [5.41, 5.74) is 0. The zero-order valence-electron chi connectivity index (χ0n) is 10.1. The fourth-order valence-electron chi connectivity index (χ4n) is 2.50. The summed E-state index contributed by atoms with van der Waals surface area (Å²) in [5, 5.41) is 0.750. The number of pyridine rings is 1. The summed E-state index contributed by atoms with van der Waals surface area (Å²) in [6.07, 6.45) is 8.13. The summed E-state index contributed by atoms with van der Waals surface area (Å²) in [7, 11) is 0. The van der Waals surface area contributed by atoms with E-state index in [1.165, 1.54) is 25.7 Å². The molecule has 0 bridgehead atoms. The molecule has 1 unspecified atom stereocenters. The first-order valence-corrected chi connectivity index (χ1v) is 7.47. The number of rotatable bonds is 2. The Morgan fingerprint density at radius 2 is 2.29 bits per heavy atom. The first kappa shape index (κ1) is 13.2. The van der Waals surface area contributed by atoms with Crippen LogP contribution in [0.2, 0.25) is 5.02 Å². The van der Waals surface area contributed by atoms with E-state index in [-0.39, 0.29) is 0 Å². The molecule has 94 valence electrons. The molecule has 1 aliphatic heterocycles. The molecule has 0 saturated carbocycles. The van der Waals surface area contributed by atoms with Gasteiger partial charge in [-0.15, -0.1) is 0 Å². The Hall–Kier alpha value is -0.280. The molecule has 0 N–H and O–H groups in total. The van der Waals surface area contributed by atoms with Gasteiger partial charge < -0.3 is 4.90 Å². The molecular formula is C13H18BrClN2. The van der Waals surface area contributed by atoms with Crippen molar-refractivity contribution in [3.8, 4) is 0 Å². The molecule has 17 heavy (non-hydrogen) atoms. The van der Waals surface area contributed by atoms with Crippen molar-refractivity contribution in [1.29, 1.82) is 0 Å². The van der Waals surface area contributed by atoms with Gasteiger partial charge in [0.1, 0.15) is 5.82 Å². The number of nitrogens with zero attached hydrogens (tertiary/aromatic N) is 2. The summed E-state index contributed by atoms with van der Waals surface area (Å²) < 4.78 is 0.939. The summed E-state index contributed by atoms with van der Waals surface area (Å²) in [6.45, 7) is 3.32. The fraction of sp³-hybridized carbons (Fsp3) is 0.615. The first-order chi connectivity index (χ1) is 8.22. The second-order valence-electron chi connectivity index (χ2n) is 4.56. The monoisotopic (exact) mass is 316 g/mol. The molecule has 2 rings (SSSR count). The minimum Gasteiger partial charge on any atom is -0.352 e. The van der Waals surface area contributed by atoms with Crippen LogP contribution in [0.5, 0.6) is 0 Å². The molecule has 2 nitrogen and oxygen atoms in total. The highest BCUT2D eigenvalue weighted by Crippen LogP contribution is 2.31. The van der Waals surface area contributed by atoms with E-state index < -0.39 is 0 Å². The molecule has 0 spiro atoms. The van der Waals surface area contributed by atoms with Crippen molar-refractivity contribution < 1.29 is 0 Å². The Kier molecular flexibility index (Phi) is 4.69. The van der Waals surface area contributed by atoms with Crippen LogP contribution in [0.1, 0.15) is 39.0 Å². The third kappa shape index (κ3) is 3.14. The van der Waals surface area contributed by atoms with E-state index >= 15 is 0 Å². The van der Waals surface area contributed by atoms with E-state index in [0.29, 0.717) is 6.04 Å². The lowest BCUT2D eigenvalue weighted by Crippen LogP contribution is -2.35. The van der Waals surface area contributed by atoms with Crippen molar-refractivity contribution >= 4 is 33.3 Å². The molecule has 2 heterocycles. The first-order valence-electron chi connectivity index (χ1n) is 6.30. The maximum Gasteiger partial charge on any atom is 0.147 e. The lowest BCUT2D eigenvalue weighted by atomic mass is 10.1. The van der Waals surface area contributed by atoms with E-state index in [4.69, 9.17) is 11.6 Å². The molecule has 1 saturated heterocycles. The largest absolute Gasteiger partial charge is 0.352 e. The van der Waals surface area contributed by atoms with Gasteiger partial charge in [0.05, 0.1) is 5.02 Å². The van der Waals surface area contributed by atoms with Crippen LogP contribution in [0, 0.1) is 0 Å². The normalized spacial score (nSPS) is 21.4. The molecule has 1 aliphatic rings. The lowest BCUT2D eigenvalue weighted by molar-refractivity contribution is 0.552. The predicted octanol–water partition coefficient (Wildman–Crippen LogP) is 4.66. The average Bonchev–Trinajstić information content (AvgIpc) is 2.54. The molecule has 0 radical (unpaired) electrons. The Morgan fingerprint density at radius 1 is 1.47 bits per heavy atom. The quantitative estimate of drug-likeness (QED) is 0.789. The zero-order chi connectivity index (χ0) is 12.3. The summed E-state index contributed by atoms with van der Waals surface area (Å²) in [6, 6.07) is 2.52. The van der Waals surface area contributed by atoms with E-state index in [9.17, 15) is 0 Å². The van der Waals surface area contributed by atoms with Crippen LogP contribution < -0.4 is 4.90 Å². The van der Waals surface area contributed by atoms with E-state index in [1.807, 2.05) is 12.3 Å². The Labute approximate surface area is 116 Å². The SMILES string of the molecule is CCC1CCCCCN1c1ncc(Br)cc1Cl. The maximum absolute atomic E-state index is 6.30. The van der Waals surface area contributed by atoms with E-state index in [1.54, 1.807) is 0 Å². The van der Waals surface area contributed by atoms with Crippen LogP contribution in [0.4, 0.5) is 5.82 Å². The van der Waals surface area contributed by atoms with E-state index in [2.05, 4.69) is 32.7 Å². The van der Waals surface area contributed by atoms with Crippen LogP contribution in [-0.4, -0.2) is 17.6 Å². The molecule has 4 heteroatoms. The molecule has 1 aromatic rings. The number of hydrogen-bond donors (Lipinski definition) is 0. The second kappa shape index (κ2) is 6.05. The third-order valence-electron chi connectivity index (χ3n) is 3.41. The standard InChI is InChI=1S/C13H18BrClN2/c1-2-11-6-4-3-5-7-17(11)13-12(15)8-10(14)9-16-13/h8-9,11H,2-7H2,1H3. The van der Waals surface area contributed by atoms with Crippen LogP contribution in [0.3, 0.4) is 0 Å². The Balaban J connectivity index is 2.28. The van der Waals surface area contributed by atoms with Crippen molar-refractivity contribution in [3.05, 3.63) is 21.8 Å². The Morgan fingerprint density at radius 3 is 3.00 bits per heavy atom. The van der Waals surface area contributed by atoms with Gasteiger partial charge in [-0.05, 0) is 41.3 Å². The molecule has 0 aromatic carbocycles. The van der Waals surface area contributed by atoms with Gasteiger partial charge >= 0.3 is 0 Å². The van der Waals surface area contributed by atoms with Crippen molar-refractivity contribution in [2.45, 2.75) is 45.1 Å². The van der Waals surface area contributed by atoms with Crippen LogP contribution >= 0.6 is 27.5 Å². The molecule has 1 aromatic heterocycles. The summed E-state index contributed by atoms with van der Waals surface area (Å²) >= 11 is 9.71. The number of anilines is 1. The molecule has 1 atom stereocenters. The van der Waals surface area contributed by atoms with Gasteiger partial charge in [0, 0.05) is 23.3 Å². The van der Waals surface area contributed by atoms with Crippen molar-refractivity contribution in [2.75, 3.05) is 11.4 Å². The highest BCUT2D eigenvalue weighted by atomic mass is 79.9. The van der Waals surface area contributed by atoms with Crippen molar-refractivity contribution in [3.63, 3.8) is 0 Å². The summed E-state index contributed by atoms with van der Waals surface area (Å²) in [4.78, 5) is 6.88. The highest BCUT2D eigenvalue weighted by molar-refractivity contribution is 9.10. The predicted molar refractivity (Wildman–Crippen MR) is 76.8 cm³/mol. The molecule has 0 aliphatic carbocycles. The maximum atomic E-state index is 6.30. The van der Waals surface area contributed by atoms with Crippen LogP contribution in [0.15, 0.2) is 16.7 Å². The van der Waals surface area contributed by atoms with Gasteiger partial charge in [0.15, 0.2) is 0 Å². The zero-order valence-corrected chi connectivity index (χ0v) is 12.5. The van der Waals surface area contributed by atoms with Crippen molar-refractivity contribution in [2.24, 2.45) is 0 Å². The Bertz CT molecular complexity index is 384. The minimum atomic E-state index is 0.587. The smallest absolute Gasteiger partial charge is 0.147 e. The molecule has 1 fully saturated rings. The van der Waals surface area contributed by atoms with Gasteiger partial charge in [-0.1, -0.05) is 31.4 Å². The van der Waals surface area contributed by atoms with Crippen LogP contribution in [-0.2, 0) is 0 Å². The fourth-order valence-corrected chi connectivity index (χ4v) is 3.24. The summed E-state index contributed by atoms with van der Waals surface area (Å²) in [5.74, 6) is 0.948. The minimum absolute atomic E-state index is 0.587. The van der Waals surface area contributed by atoms with Gasteiger partial charge in [0.2, 0.25) is 0 Å². The van der Waals surface area contributed by atoms with Gasteiger partial charge in [-0.2, -0.15) is 0 Å². The van der Waals surface area contributed by atoms with Gasteiger partial charge in [-0.25, -0.2) is 4.98 Å². The lowest BCUT2D eigenvalue weighted by Gasteiger charge is -2.31. The number of aromatic nitrogens is 1. The van der Waals surface area contributed by atoms with Crippen LogP contribution in [0.25, 0.3) is 0 Å². The number of hydrogen-bond acceptors (Lipinski definition) is 2. The topological polar surface area (TPSA) is 16.1 Å². The van der Waals surface area contributed by atoms with E-state index in [0.717, 1.165) is 28.3 Å². The third-order valence-corrected chi connectivity index (χ3v) is 4.12. The van der Waals surface area contributed by atoms with Crippen molar-refractivity contribution in [1.82, 2.24) is 4.98 Å². The second-order valence-corrected chi connectivity index (χ2v) is 5.89. The average molecular weight is 318 g/mol. The number of halogens is 2.